The number of hydrogen-bond donors (Lipinski definition) is 0. The van der Waals surface area contributed by atoms with Gasteiger partial charge in [-0.15, -0.1) is 6.58 Å². The van der Waals surface area contributed by atoms with Gasteiger partial charge in [0.05, 0.1) is 6.54 Å². The predicted molar refractivity (Wildman–Crippen MR) is 37.6 cm³/mol. The van der Waals surface area contributed by atoms with Gasteiger partial charge in [0.2, 0.25) is 0 Å². The fourth-order valence-corrected chi connectivity index (χ4v) is 0.934. The largest absolute Gasteiger partial charge is 0.463 e. The van der Waals surface area contributed by atoms with Crippen LogP contribution in [0.4, 0.5) is 0 Å². The van der Waals surface area contributed by atoms with Gasteiger partial charge < -0.3 is 4.74 Å². The van der Waals surface area contributed by atoms with E-state index in [-0.39, 0.29) is 5.97 Å². The molecule has 0 N–H and O–H groups in total. The average molecular weight is 141 g/mol. The van der Waals surface area contributed by atoms with Crippen LogP contribution in [-0.4, -0.2) is 37.1 Å². The van der Waals surface area contributed by atoms with Crippen molar-refractivity contribution in [3.8, 4) is 0 Å². The Bertz CT molecular complexity index is 145. The Kier molecular flexibility index (Phi) is 2.45. The lowest BCUT2D eigenvalue weighted by molar-refractivity contribution is -0.150. The highest BCUT2D eigenvalue weighted by Gasteiger charge is 2.15. The highest BCUT2D eigenvalue weighted by molar-refractivity contribution is 5.72. The van der Waals surface area contributed by atoms with Crippen molar-refractivity contribution in [1.82, 2.24) is 4.90 Å². The SMILES string of the molecule is C=CCN1CCOC(=O)C1. The van der Waals surface area contributed by atoms with E-state index >= 15 is 0 Å². The Morgan fingerprint density at radius 1 is 1.80 bits per heavy atom. The van der Waals surface area contributed by atoms with Gasteiger partial charge in [-0.1, -0.05) is 6.08 Å². The molecule has 3 heteroatoms. The van der Waals surface area contributed by atoms with Crippen LogP contribution in [0.2, 0.25) is 0 Å². The molecule has 56 valence electrons. The van der Waals surface area contributed by atoms with Crippen LogP contribution in [0.25, 0.3) is 0 Å². The van der Waals surface area contributed by atoms with E-state index in [4.69, 9.17) is 4.74 Å². The van der Waals surface area contributed by atoms with Crippen LogP contribution in [0.5, 0.6) is 0 Å². The number of nitrogens with zero attached hydrogens (tertiary/aromatic N) is 1. The molecule has 1 heterocycles. The second-order valence-corrected chi connectivity index (χ2v) is 2.24. The van der Waals surface area contributed by atoms with Gasteiger partial charge >= 0.3 is 5.97 Å². The monoisotopic (exact) mass is 141 g/mol. The second-order valence-electron chi connectivity index (χ2n) is 2.24. The molecule has 0 saturated carbocycles. The Balaban J connectivity index is 2.31. The molecule has 0 spiro atoms. The number of carbonyl (C=O) groups excluding carboxylic acids is 1. The lowest BCUT2D eigenvalue weighted by atomic mass is 10.4. The van der Waals surface area contributed by atoms with Gasteiger partial charge in [0.15, 0.2) is 0 Å². The zero-order valence-electron chi connectivity index (χ0n) is 5.88. The van der Waals surface area contributed by atoms with Crippen LogP contribution in [0.15, 0.2) is 12.7 Å². The van der Waals surface area contributed by atoms with Gasteiger partial charge in [0.25, 0.3) is 0 Å². The summed E-state index contributed by atoms with van der Waals surface area (Å²) < 4.78 is 4.74. The molecule has 10 heavy (non-hydrogen) atoms. The molecule has 1 saturated heterocycles. The highest BCUT2D eigenvalue weighted by atomic mass is 16.5. The lowest BCUT2D eigenvalue weighted by Gasteiger charge is -2.23. The number of esters is 1. The summed E-state index contributed by atoms with van der Waals surface area (Å²) in [6, 6.07) is 0. The van der Waals surface area contributed by atoms with Crippen molar-refractivity contribution in [1.29, 1.82) is 0 Å². The van der Waals surface area contributed by atoms with E-state index in [1.807, 2.05) is 4.90 Å². The van der Waals surface area contributed by atoms with E-state index in [0.29, 0.717) is 13.2 Å². The molecule has 0 aromatic carbocycles. The van der Waals surface area contributed by atoms with Gasteiger partial charge in [-0.2, -0.15) is 0 Å². The molecule has 0 aliphatic carbocycles. The van der Waals surface area contributed by atoms with Crippen LogP contribution in [0.1, 0.15) is 0 Å². The molecule has 0 radical (unpaired) electrons. The molecule has 1 aliphatic heterocycles. The molecular formula is C7H11NO2. The third-order valence-corrected chi connectivity index (χ3v) is 1.41. The summed E-state index contributed by atoms with van der Waals surface area (Å²) in [4.78, 5) is 12.6. The van der Waals surface area contributed by atoms with Crippen LogP contribution in [0.3, 0.4) is 0 Å². The molecule has 0 aromatic rings. The number of morpholine rings is 1. The minimum Gasteiger partial charge on any atom is -0.463 e. The van der Waals surface area contributed by atoms with Crippen LogP contribution < -0.4 is 0 Å². The average Bonchev–Trinajstić information content (AvgIpc) is 1.88. The van der Waals surface area contributed by atoms with Crippen molar-refractivity contribution >= 4 is 5.97 Å². The molecule has 1 fully saturated rings. The first-order valence-electron chi connectivity index (χ1n) is 3.32. The summed E-state index contributed by atoms with van der Waals surface area (Å²) in [7, 11) is 0. The summed E-state index contributed by atoms with van der Waals surface area (Å²) in [6.07, 6.45) is 1.79. The van der Waals surface area contributed by atoms with Gasteiger partial charge in [-0.05, 0) is 0 Å². The Morgan fingerprint density at radius 3 is 3.20 bits per heavy atom. The van der Waals surface area contributed by atoms with Crippen molar-refractivity contribution in [3.63, 3.8) is 0 Å². The maximum atomic E-state index is 10.7. The summed E-state index contributed by atoms with van der Waals surface area (Å²) in [6.45, 7) is 6.12. The van der Waals surface area contributed by atoms with Crippen molar-refractivity contribution in [3.05, 3.63) is 12.7 Å². The number of hydrogen-bond acceptors (Lipinski definition) is 3. The molecule has 3 nitrogen and oxygen atoms in total. The maximum absolute atomic E-state index is 10.7. The standard InChI is InChI=1S/C7H11NO2/c1-2-3-8-4-5-10-7(9)6-8/h2H,1,3-6H2. The maximum Gasteiger partial charge on any atom is 0.320 e. The molecule has 0 bridgehead atoms. The molecule has 0 atom stereocenters. The third-order valence-electron chi connectivity index (χ3n) is 1.41. The number of cyclic esters (lactones) is 1. The quantitative estimate of drug-likeness (QED) is 0.401. The van der Waals surface area contributed by atoms with Gasteiger partial charge in [0, 0.05) is 13.1 Å². The van der Waals surface area contributed by atoms with E-state index in [9.17, 15) is 4.79 Å². The minimum atomic E-state index is -0.131. The van der Waals surface area contributed by atoms with Gasteiger partial charge in [-0.3, -0.25) is 9.69 Å². The first-order chi connectivity index (χ1) is 4.83. The lowest BCUT2D eigenvalue weighted by Crippen LogP contribution is -2.39. The summed E-state index contributed by atoms with van der Waals surface area (Å²) in [5.41, 5.74) is 0. The van der Waals surface area contributed by atoms with Crippen LogP contribution in [0, 0.1) is 0 Å². The van der Waals surface area contributed by atoms with Crippen molar-refractivity contribution < 1.29 is 9.53 Å². The molecular weight excluding hydrogens is 130 g/mol. The molecule has 1 aliphatic rings. The summed E-state index contributed by atoms with van der Waals surface area (Å²) >= 11 is 0. The minimum absolute atomic E-state index is 0.131. The van der Waals surface area contributed by atoms with Crippen LogP contribution in [-0.2, 0) is 9.53 Å². The first-order valence-corrected chi connectivity index (χ1v) is 3.32. The zero-order chi connectivity index (χ0) is 7.40. The Morgan fingerprint density at radius 2 is 2.60 bits per heavy atom. The van der Waals surface area contributed by atoms with E-state index in [2.05, 4.69) is 6.58 Å². The van der Waals surface area contributed by atoms with E-state index < -0.39 is 0 Å². The predicted octanol–water partition coefficient (Wildman–Crippen LogP) is 0.0312. The highest BCUT2D eigenvalue weighted by Crippen LogP contribution is 1.96. The topological polar surface area (TPSA) is 29.5 Å². The molecule has 0 unspecified atom stereocenters. The van der Waals surface area contributed by atoms with E-state index in [1.165, 1.54) is 0 Å². The summed E-state index contributed by atoms with van der Waals surface area (Å²) in [5.74, 6) is -0.131. The fourth-order valence-electron chi connectivity index (χ4n) is 0.934. The number of ether oxygens (including phenoxy) is 1. The third kappa shape index (κ3) is 1.84. The van der Waals surface area contributed by atoms with Gasteiger partial charge in [0.1, 0.15) is 6.61 Å². The van der Waals surface area contributed by atoms with Crippen molar-refractivity contribution in [2.45, 2.75) is 0 Å². The zero-order valence-corrected chi connectivity index (χ0v) is 5.88. The van der Waals surface area contributed by atoms with Gasteiger partial charge in [-0.25, -0.2) is 0 Å². The van der Waals surface area contributed by atoms with Crippen molar-refractivity contribution in [2.75, 3.05) is 26.2 Å². The van der Waals surface area contributed by atoms with E-state index in [0.717, 1.165) is 13.1 Å². The molecule has 0 amide bonds. The van der Waals surface area contributed by atoms with E-state index in [1.54, 1.807) is 6.08 Å². The molecule has 0 aromatic heterocycles. The first kappa shape index (κ1) is 7.28. The van der Waals surface area contributed by atoms with Crippen LogP contribution >= 0.6 is 0 Å². The smallest absolute Gasteiger partial charge is 0.320 e. The Labute approximate surface area is 60.3 Å². The fraction of sp³-hybridized carbons (Fsp3) is 0.571. The normalized spacial score (nSPS) is 20.2. The summed E-state index contributed by atoms with van der Waals surface area (Å²) in [5, 5.41) is 0. The number of carbonyl (C=O) groups is 1. The van der Waals surface area contributed by atoms with Crippen molar-refractivity contribution in [2.24, 2.45) is 0 Å². The number of rotatable bonds is 2. The Hall–Kier alpha value is -0.830. The molecule has 1 rings (SSSR count). The second kappa shape index (κ2) is 3.37.